The van der Waals surface area contributed by atoms with E-state index in [1.54, 1.807) is 11.9 Å². The smallest absolute Gasteiger partial charge is 0.254 e. The van der Waals surface area contributed by atoms with Crippen LogP contribution in [-0.4, -0.2) is 36.9 Å². The predicted molar refractivity (Wildman–Crippen MR) is 81.9 cm³/mol. The van der Waals surface area contributed by atoms with E-state index in [0.717, 1.165) is 28.5 Å². The first-order valence-electron chi connectivity index (χ1n) is 6.39. The highest BCUT2D eigenvalue weighted by molar-refractivity contribution is 14.1. The van der Waals surface area contributed by atoms with Gasteiger partial charge in [0, 0.05) is 23.7 Å². The summed E-state index contributed by atoms with van der Waals surface area (Å²) in [5.41, 5.74) is 0.723. The third kappa shape index (κ3) is 3.26. The van der Waals surface area contributed by atoms with Crippen LogP contribution in [0.4, 0.5) is 0 Å². The van der Waals surface area contributed by atoms with Gasteiger partial charge in [-0.25, -0.2) is 0 Å². The van der Waals surface area contributed by atoms with Crippen LogP contribution >= 0.6 is 22.6 Å². The van der Waals surface area contributed by atoms with Gasteiger partial charge in [-0.1, -0.05) is 12.1 Å². The van der Waals surface area contributed by atoms with Crippen molar-refractivity contribution in [2.24, 2.45) is 5.92 Å². The highest BCUT2D eigenvalue weighted by Crippen LogP contribution is 2.20. The largest absolute Gasteiger partial charge is 0.359 e. The van der Waals surface area contributed by atoms with Gasteiger partial charge in [-0.15, -0.1) is 0 Å². The summed E-state index contributed by atoms with van der Waals surface area (Å²) < 4.78 is 0.951. The Morgan fingerprint density at radius 2 is 2.11 bits per heavy atom. The fraction of sp³-hybridized carbons (Fsp3) is 0.429. The molecule has 1 aromatic rings. The Kier molecular flexibility index (Phi) is 4.79. The molecule has 2 amide bonds. The van der Waals surface area contributed by atoms with Gasteiger partial charge in [0.2, 0.25) is 5.91 Å². The molecule has 0 aliphatic carbocycles. The topological polar surface area (TPSA) is 49.4 Å². The molecular formula is C14H17IN2O2. The van der Waals surface area contributed by atoms with Crippen LogP contribution in [0, 0.1) is 9.49 Å². The van der Waals surface area contributed by atoms with Crippen molar-refractivity contribution in [2.45, 2.75) is 12.8 Å². The van der Waals surface area contributed by atoms with Crippen molar-refractivity contribution in [3.8, 4) is 0 Å². The minimum atomic E-state index is -0.0796. The second-order valence-electron chi connectivity index (χ2n) is 4.68. The van der Waals surface area contributed by atoms with Crippen molar-refractivity contribution in [1.29, 1.82) is 0 Å². The Hall–Kier alpha value is -1.11. The third-order valence-electron chi connectivity index (χ3n) is 3.43. The number of hydrogen-bond acceptors (Lipinski definition) is 2. The molecule has 0 saturated carbocycles. The fourth-order valence-electron chi connectivity index (χ4n) is 2.38. The monoisotopic (exact) mass is 372 g/mol. The molecule has 1 fully saturated rings. The maximum absolute atomic E-state index is 12.5. The summed E-state index contributed by atoms with van der Waals surface area (Å²) in [6, 6.07) is 7.55. The lowest BCUT2D eigenvalue weighted by molar-refractivity contribution is -0.125. The number of carbonyl (C=O) groups is 2. The van der Waals surface area contributed by atoms with Crippen molar-refractivity contribution in [2.75, 3.05) is 20.1 Å². The second kappa shape index (κ2) is 6.36. The summed E-state index contributed by atoms with van der Waals surface area (Å²) in [5, 5.41) is 2.67. The van der Waals surface area contributed by atoms with Gasteiger partial charge in [0.25, 0.3) is 5.91 Å². The molecule has 1 heterocycles. The standard InChI is InChI=1S/C14H17IN2O2/c1-16-13(18)10-5-4-8-17(9-10)14(19)11-6-2-3-7-12(11)15/h2-3,6-7,10H,4-5,8-9H2,1H3,(H,16,18). The number of carbonyl (C=O) groups excluding carboxylic acids is 2. The van der Waals surface area contributed by atoms with Gasteiger partial charge in [0.1, 0.15) is 0 Å². The number of hydrogen-bond donors (Lipinski definition) is 1. The Balaban J connectivity index is 2.11. The third-order valence-corrected chi connectivity index (χ3v) is 4.37. The fourth-order valence-corrected chi connectivity index (χ4v) is 3.00. The average Bonchev–Trinajstić information content (AvgIpc) is 2.46. The molecule has 0 aromatic heterocycles. The Morgan fingerprint density at radius 3 is 2.79 bits per heavy atom. The molecule has 1 aliphatic heterocycles. The zero-order valence-corrected chi connectivity index (χ0v) is 13.0. The van der Waals surface area contributed by atoms with Crippen molar-refractivity contribution < 1.29 is 9.59 Å². The molecule has 2 rings (SSSR count). The molecule has 1 saturated heterocycles. The maximum Gasteiger partial charge on any atom is 0.254 e. The number of benzene rings is 1. The lowest BCUT2D eigenvalue weighted by Crippen LogP contribution is -2.45. The summed E-state index contributed by atoms with van der Waals surface area (Å²) in [4.78, 5) is 25.9. The molecule has 1 aromatic carbocycles. The minimum Gasteiger partial charge on any atom is -0.359 e. The lowest BCUT2D eigenvalue weighted by Gasteiger charge is -2.32. The van der Waals surface area contributed by atoms with Gasteiger partial charge in [0.15, 0.2) is 0 Å². The minimum absolute atomic E-state index is 0.0265. The van der Waals surface area contributed by atoms with E-state index in [2.05, 4.69) is 27.9 Å². The molecule has 5 heteroatoms. The SMILES string of the molecule is CNC(=O)C1CCCN(C(=O)c2ccccc2I)C1. The summed E-state index contributed by atoms with van der Waals surface area (Å²) in [6.45, 7) is 1.25. The van der Waals surface area contributed by atoms with E-state index in [9.17, 15) is 9.59 Å². The highest BCUT2D eigenvalue weighted by atomic mass is 127. The summed E-state index contributed by atoms with van der Waals surface area (Å²) in [5.74, 6) is -0.0251. The van der Waals surface area contributed by atoms with E-state index in [4.69, 9.17) is 0 Å². The van der Waals surface area contributed by atoms with Gasteiger partial charge >= 0.3 is 0 Å². The van der Waals surface area contributed by atoms with E-state index < -0.39 is 0 Å². The zero-order chi connectivity index (χ0) is 13.8. The van der Waals surface area contributed by atoms with Crippen molar-refractivity contribution in [1.82, 2.24) is 10.2 Å². The predicted octanol–water partition coefficient (Wildman–Crippen LogP) is 1.89. The summed E-state index contributed by atoms with van der Waals surface area (Å²) >= 11 is 2.17. The van der Waals surface area contributed by atoms with E-state index in [1.807, 2.05) is 24.3 Å². The Morgan fingerprint density at radius 1 is 1.37 bits per heavy atom. The van der Waals surface area contributed by atoms with Crippen LogP contribution in [0.3, 0.4) is 0 Å². The molecule has 4 nitrogen and oxygen atoms in total. The van der Waals surface area contributed by atoms with Crippen molar-refractivity contribution in [3.05, 3.63) is 33.4 Å². The first-order valence-corrected chi connectivity index (χ1v) is 7.46. The van der Waals surface area contributed by atoms with E-state index in [1.165, 1.54) is 0 Å². The molecule has 0 bridgehead atoms. The van der Waals surface area contributed by atoms with Crippen LogP contribution in [0.1, 0.15) is 23.2 Å². The Bertz CT molecular complexity index is 490. The number of nitrogens with one attached hydrogen (secondary N) is 1. The molecule has 1 atom stereocenters. The molecular weight excluding hydrogens is 355 g/mol. The Labute approximate surface area is 126 Å². The highest BCUT2D eigenvalue weighted by Gasteiger charge is 2.28. The van der Waals surface area contributed by atoms with Crippen molar-refractivity contribution >= 4 is 34.4 Å². The number of halogens is 1. The summed E-state index contributed by atoms with van der Waals surface area (Å²) in [7, 11) is 1.64. The van der Waals surface area contributed by atoms with E-state index in [-0.39, 0.29) is 17.7 Å². The lowest BCUT2D eigenvalue weighted by atomic mass is 9.96. The van der Waals surface area contributed by atoms with Crippen LogP contribution in [0.2, 0.25) is 0 Å². The number of likely N-dealkylation sites (tertiary alicyclic amines) is 1. The number of rotatable bonds is 2. The number of amides is 2. The van der Waals surface area contributed by atoms with Gasteiger partial charge in [-0.2, -0.15) is 0 Å². The molecule has 19 heavy (non-hydrogen) atoms. The molecule has 0 spiro atoms. The van der Waals surface area contributed by atoms with Crippen LogP contribution < -0.4 is 5.32 Å². The average molecular weight is 372 g/mol. The van der Waals surface area contributed by atoms with Crippen molar-refractivity contribution in [3.63, 3.8) is 0 Å². The first-order chi connectivity index (χ1) is 9.13. The number of piperidine rings is 1. The molecule has 1 aliphatic rings. The molecule has 1 unspecified atom stereocenters. The maximum atomic E-state index is 12.5. The van der Waals surface area contributed by atoms with Crippen LogP contribution in [0.5, 0.6) is 0 Å². The second-order valence-corrected chi connectivity index (χ2v) is 5.85. The zero-order valence-electron chi connectivity index (χ0n) is 10.9. The normalized spacial score (nSPS) is 19.1. The van der Waals surface area contributed by atoms with Crippen LogP contribution in [-0.2, 0) is 4.79 Å². The van der Waals surface area contributed by atoms with Gasteiger partial charge in [-0.3, -0.25) is 9.59 Å². The van der Waals surface area contributed by atoms with E-state index in [0.29, 0.717) is 6.54 Å². The quantitative estimate of drug-likeness (QED) is 0.807. The van der Waals surface area contributed by atoms with Gasteiger partial charge in [0.05, 0.1) is 11.5 Å². The van der Waals surface area contributed by atoms with Crippen LogP contribution in [0.25, 0.3) is 0 Å². The summed E-state index contributed by atoms with van der Waals surface area (Å²) in [6.07, 6.45) is 1.74. The van der Waals surface area contributed by atoms with Gasteiger partial charge in [-0.05, 0) is 47.6 Å². The van der Waals surface area contributed by atoms with E-state index >= 15 is 0 Å². The molecule has 1 N–H and O–H groups in total. The molecule has 0 radical (unpaired) electrons. The number of nitrogens with zero attached hydrogens (tertiary/aromatic N) is 1. The van der Waals surface area contributed by atoms with Crippen LogP contribution in [0.15, 0.2) is 24.3 Å². The first kappa shape index (κ1) is 14.3. The van der Waals surface area contributed by atoms with Gasteiger partial charge < -0.3 is 10.2 Å². The molecule has 102 valence electrons.